The molecule has 2 unspecified atom stereocenters. The molecule has 2 heterocycles. The lowest BCUT2D eigenvalue weighted by atomic mass is 10.0. The standard InChI is InChI=1S/C17H18N6OS/c1-10-8-14(20-19-10)16-21-22-17(25)23(16)18-9-13-12-5-3-2-4-11(12)6-7-15(13)24/h2-7,9-10,14,19-20,24H,8H2,1H3,(H,22,25)/b18-9+. The molecule has 4 N–H and O–H groups in total. The molecule has 1 saturated heterocycles. The van der Waals surface area contributed by atoms with Crippen LogP contribution in [0.3, 0.4) is 0 Å². The van der Waals surface area contributed by atoms with Gasteiger partial charge in [0.15, 0.2) is 5.82 Å². The Kier molecular flexibility index (Phi) is 4.08. The van der Waals surface area contributed by atoms with Crippen molar-refractivity contribution in [2.75, 3.05) is 0 Å². The van der Waals surface area contributed by atoms with E-state index in [1.54, 1.807) is 17.0 Å². The third-order valence-corrected chi connectivity index (χ3v) is 4.59. The molecule has 1 aromatic heterocycles. The minimum absolute atomic E-state index is 0.0150. The molecule has 1 fully saturated rings. The first-order chi connectivity index (χ1) is 12.1. The maximum absolute atomic E-state index is 10.2. The van der Waals surface area contributed by atoms with Crippen LogP contribution in [-0.2, 0) is 0 Å². The Balaban J connectivity index is 1.75. The summed E-state index contributed by atoms with van der Waals surface area (Å²) >= 11 is 5.30. The van der Waals surface area contributed by atoms with E-state index < -0.39 is 0 Å². The number of rotatable bonds is 3. The largest absolute Gasteiger partial charge is 0.507 e. The summed E-state index contributed by atoms with van der Waals surface area (Å²) in [6.07, 6.45) is 2.51. The number of hydrogen-bond donors (Lipinski definition) is 4. The molecular formula is C17H18N6OS. The normalized spacial score (nSPS) is 20.7. The summed E-state index contributed by atoms with van der Waals surface area (Å²) in [5, 5.41) is 23.8. The molecule has 25 heavy (non-hydrogen) atoms. The Morgan fingerprint density at radius 3 is 2.92 bits per heavy atom. The number of hydrogen-bond acceptors (Lipinski definition) is 6. The van der Waals surface area contributed by atoms with Gasteiger partial charge < -0.3 is 5.11 Å². The van der Waals surface area contributed by atoms with Crippen LogP contribution in [0, 0.1) is 4.77 Å². The van der Waals surface area contributed by atoms with E-state index in [-0.39, 0.29) is 11.8 Å². The van der Waals surface area contributed by atoms with E-state index in [9.17, 15) is 5.11 Å². The summed E-state index contributed by atoms with van der Waals surface area (Å²) in [7, 11) is 0. The van der Waals surface area contributed by atoms with Crippen molar-refractivity contribution in [1.82, 2.24) is 25.7 Å². The molecule has 8 heteroatoms. The highest BCUT2D eigenvalue weighted by atomic mass is 32.1. The highest BCUT2D eigenvalue weighted by Gasteiger charge is 2.26. The van der Waals surface area contributed by atoms with Crippen molar-refractivity contribution >= 4 is 29.2 Å². The zero-order valence-corrected chi connectivity index (χ0v) is 14.4. The Bertz CT molecular complexity index is 1010. The van der Waals surface area contributed by atoms with Gasteiger partial charge in [-0.25, -0.2) is 5.43 Å². The smallest absolute Gasteiger partial charge is 0.216 e. The second kappa shape index (κ2) is 6.40. The van der Waals surface area contributed by atoms with Crippen LogP contribution in [-0.4, -0.2) is 32.2 Å². The van der Waals surface area contributed by atoms with Gasteiger partial charge in [0.1, 0.15) is 5.75 Å². The van der Waals surface area contributed by atoms with E-state index in [4.69, 9.17) is 12.2 Å². The van der Waals surface area contributed by atoms with Crippen molar-refractivity contribution in [2.45, 2.75) is 25.4 Å². The number of aromatic nitrogens is 3. The molecule has 0 amide bonds. The minimum atomic E-state index is 0.0150. The number of nitrogens with zero attached hydrogens (tertiary/aromatic N) is 3. The number of fused-ring (bicyclic) bond motifs is 1. The topological polar surface area (TPSA) is 90.3 Å². The first-order valence-electron chi connectivity index (χ1n) is 8.07. The van der Waals surface area contributed by atoms with E-state index in [1.165, 1.54) is 0 Å². The van der Waals surface area contributed by atoms with Crippen LogP contribution in [0.15, 0.2) is 41.5 Å². The third kappa shape index (κ3) is 2.95. The molecule has 1 aliphatic heterocycles. The average Bonchev–Trinajstić information content (AvgIpc) is 3.20. The van der Waals surface area contributed by atoms with E-state index in [2.05, 4.69) is 33.1 Å². The fraction of sp³-hybridized carbons (Fsp3) is 0.235. The van der Waals surface area contributed by atoms with Crippen molar-refractivity contribution in [1.29, 1.82) is 0 Å². The zero-order chi connectivity index (χ0) is 17.4. The summed E-state index contributed by atoms with van der Waals surface area (Å²) in [6, 6.07) is 11.8. The first-order valence-corrected chi connectivity index (χ1v) is 8.48. The molecule has 0 bridgehead atoms. The van der Waals surface area contributed by atoms with Gasteiger partial charge in [0.05, 0.1) is 12.3 Å². The van der Waals surface area contributed by atoms with Gasteiger partial charge in [0.2, 0.25) is 4.77 Å². The van der Waals surface area contributed by atoms with E-state index in [0.29, 0.717) is 22.2 Å². The molecule has 0 radical (unpaired) electrons. The Labute approximate surface area is 149 Å². The van der Waals surface area contributed by atoms with Crippen molar-refractivity contribution in [3.05, 3.63) is 52.6 Å². The van der Waals surface area contributed by atoms with Gasteiger partial charge in [-0.3, -0.25) is 10.5 Å². The number of aromatic hydroxyl groups is 1. The summed E-state index contributed by atoms with van der Waals surface area (Å²) in [4.78, 5) is 0. The van der Waals surface area contributed by atoms with Crippen molar-refractivity contribution < 1.29 is 5.11 Å². The number of phenols is 1. The average molecular weight is 354 g/mol. The van der Waals surface area contributed by atoms with E-state index in [1.807, 2.05) is 30.3 Å². The summed E-state index contributed by atoms with van der Waals surface area (Å²) in [6.45, 7) is 2.09. The van der Waals surface area contributed by atoms with E-state index in [0.717, 1.165) is 17.2 Å². The summed E-state index contributed by atoms with van der Waals surface area (Å²) in [5.74, 6) is 0.881. The van der Waals surface area contributed by atoms with Gasteiger partial charge in [-0.05, 0) is 42.4 Å². The molecule has 0 aliphatic carbocycles. The number of H-pyrrole nitrogens is 1. The minimum Gasteiger partial charge on any atom is -0.507 e. The molecule has 1 aliphatic rings. The fourth-order valence-corrected chi connectivity index (χ4v) is 3.25. The molecule has 128 valence electrons. The van der Waals surface area contributed by atoms with Gasteiger partial charge in [-0.15, -0.1) is 0 Å². The van der Waals surface area contributed by atoms with Crippen molar-refractivity contribution in [3.8, 4) is 5.75 Å². The van der Waals surface area contributed by atoms with Crippen LogP contribution in [0.25, 0.3) is 10.8 Å². The lowest BCUT2D eigenvalue weighted by molar-refractivity contribution is 0.475. The van der Waals surface area contributed by atoms with Gasteiger partial charge in [0, 0.05) is 11.6 Å². The second-order valence-electron chi connectivity index (χ2n) is 6.14. The van der Waals surface area contributed by atoms with Gasteiger partial charge in [0.25, 0.3) is 0 Å². The predicted molar refractivity (Wildman–Crippen MR) is 99.1 cm³/mol. The van der Waals surface area contributed by atoms with Gasteiger partial charge >= 0.3 is 0 Å². The Morgan fingerprint density at radius 2 is 2.12 bits per heavy atom. The SMILES string of the molecule is CC1CC(c2n[nH]c(=S)n2/N=C/c2c(O)ccc3ccccc23)NN1. The Morgan fingerprint density at radius 1 is 1.28 bits per heavy atom. The maximum atomic E-state index is 10.2. The van der Waals surface area contributed by atoms with Crippen LogP contribution in [0.5, 0.6) is 5.75 Å². The molecule has 7 nitrogen and oxygen atoms in total. The third-order valence-electron chi connectivity index (χ3n) is 4.33. The lowest BCUT2D eigenvalue weighted by Crippen LogP contribution is -2.29. The highest BCUT2D eigenvalue weighted by Crippen LogP contribution is 2.26. The monoisotopic (exact) mass is 354 g/mol. The molecule has 2 atom stereocenters. The van der Waals surface area contributed by atoms with Crippen molar-refractivity contribution in [2.24, 2.45) is 5.10 Å². The van der Waals surface area contributed by atoms with Crippen LogP contribution in [0.4, 0.5) is 0 Å². The predicted octanol–water partition coefficient (Wildman–Crippen LogP) is 2.61. The molecule has 0 spiro atoms. The molecule has 3 aromatic rings. The van der Waals surface area contributed by atoms with Crippen LogP contribution in [0.2, 0.25) is 0 Å². The van der Waals surface area contributed by atoms with Crippen molar-refractivity contribution in [3.63, 3.8) is 0 Å². The van der Waals surface area contributed by atoms with Crippen LogP contribution < -0.4 is 10.9 Å². The second-order valence-corrected chi connectivity index (χ2v) is 6.53. The van der Waals surface area contributed by atoms with Crippen LogP contribution >= 0.6 is 12.2 Å². The summed E-state index contributed by atoms with van der Waals surface area (Å²) < 4.78 is 2.00. The molecule has 4 rings (SSSR count). The highest BCUT2D eigenvalue weighted by molar-refractivity contribution is 7.71. The maximum Gasteiger partial charge on any atom is 0.216 e. The lowest BCUT2D eigenvalue weighted by Gasteiger charge is -2.08. The van der Waals surface area contributed by atoms with Crippen LogP contribution in [0.1, 0.15) is 30.8 Å². The number of hydrazine groups is 1. The fourth-order valence-electron chi connectivity index (χ4n) is 3.06. The molecule has 0 saturated carbocycles. The number of phenolic OH excluding ortho intramolecular Hbond substituents is 1. The Hall–Kier alpha value is -2.55. The van der Waals surface area contributed by atoms with Gasteiger partial charge in [-0.1, -0.05) is 30.3 Å². The number of benzene rings is 2. The molecular weight excluding hydrogens is 336 g/mol. The number of aromatic amines is 1. The quantitative estimate of drug-likeness (QED) is 0.429. The number of nitrogens with one attached hydrogen (secondary N) is 3. The zero-order valence-electron chi connectivity index (χ0n) is 13.6. The molecule has 2 aromatic carbocycles. The van der Waals surface area contributed by atoms with Gasteiger partial charge in [-0.2, -0.15) is 14.9 Å². The first kappa shape index (κ1) is 15.9. The van der Waals surface area contributed by atoms with E-state index >= 15 is 0 Å². The summed E-state index contributed by atoms with van der Waals surface area (Å²) in [5.41, 5.74) is 7.01.